The summed E-state index contributed by atoms with van der Waals surface area (Å²) in [6.07, 6.45) is 5.25. The van der Waals surface area contributed by atoms with Crippen LogP contribution in [0.25, 0.3) is 0 Å². The van der Waals surface area contributed by atoms with Crippen LogP contribution >= 0.6 is 0 Å². The number of benzene rings is 1. The number of amides is 1. The Hall–Kier alpha value is -2.62. The van der Waals surface area contributed by atoms with Gasteiger partial charge in [-0.1, -0.05) is 18.9 Å². The molecule has 2 fully saturated rings. The van der Waals surface area contributed by atoms with E-state index in [0.717, 1.165) is 38.6 Å². The van der Waals surface area contributed by atoms with Crippen LogP contribution in [0.1, 0.15) is 50.2 Å². The first-order valence-corrected chi connectivity index (χ1v) is 10.1. The van der Waals surface area contributed by atoms with E-state index in [0.29, 0.717) is 36.1 Å². The fourth-order valence-corrected chi connectivity index (χ4v) is 3.93. The van der Waals surface area contributed by atoms with Crippen LogP contribution in [0.3, 0.4) is 0 Å². The Labute approximate surface area is 165 Å². The first kappa shape index (κ1) is 20.1. The molecule has 1 saturated carbocycles. The van der Waals surface area contributed by atoms with Crippen molar-refractivity contribution in [3.05, 3.63) is 35.1 Å². The lowest BCUT2D eigenvalue weighted by Gasteiger charge is -2.21. The zero-order valence-electron chi connectivity index (χ0n) is 16.4. The molecule has 1 aromatic carbocycles. The molecule has 1 aliphatic carbocycles. The second-order valence-corrected chi connectivity index (χ2v) is 7.51. The summed E-state index contributed by atoms with van der Waals surface area (Å²) in [5.41, 5.74) is 0.744. The van der Waals surface area contributed by atoms with Gasteiger partial charge in [0.15, 0.2) is 5.96 Å². The molecule has 1 saturated heterocycles. The van der Waals surface area contributed by atoms with Crippen LogP contribution in [0.2, 0.25) is 0 Å². The number of rotatable bonds is 5. The van der Waals surface area contributed by atoms with Gasteiger partial charge in [-0.3, -0.25) is 4.79 Å². The zero-order valence-corrected chi connectivity index (χ0v) is 16.4. The molecule has 0 aromatic heterocycles. The number of likely N-dealkylation sites (tertiary alicyclic amines) is 1. The maximum Gasteiger partial charge on any atom is 0.225 e. The van der Waals surface area contributed by atoms with Crippen molar-refractivity contribution < 1.29 is 9.18 Å². The van der Waals surface area contributed by atoms with Gasteiger partial charge >= 0.3 is 0 Å². The van der Waals surface area contributed by atoms with Gasteiger partial charge in [0.25, 0.3) is 0 Å². The fraction of sp³-hybridized carbons (Fsp3) is 0.571. The van der Waals surface area contributed by atoms with Crippen molar-refractivity contribution in [2.75, 3.05) is 19.6 Å². The first-order chi connectivity index (χ1) is 13.6. The van der Waals surface area contributed by atoms with Gasteiger partial charge in [-0.05, 0) is 38.3 Å². The molecule has 1 unspecified atom stereocenters. The average molecular weight is 385 g/mol. The van der Waals surface area contributed by atoms with Crippen LogP contribution < -0.4 is 10.6 Å². The third kappa shape index (κ3) is 5.00. The van der Waals surface area contributed by atoms with Crippen LogP contribution in [0.4, 0.5) is 4.39 Å². The minimum atomic E-state index is -0.423. The lowest BCUT2D eigenvalue weighted by Crippen LogP contribution is -2.45. The van der Waals surface area contributed by atoms with E-state index >= 15 is 0 Å². The Morgan fingerprint density at radius 2 is 2.14 bits per heavy atom. The van der Waals surface area contributed by atoms with Crippen LogP contribution in [0, 0.1) is 23.1 Å². The summed E-state index contributed by atoms with van der Waals surface area (Å²) in [6, 6.07) is 6.50. The van der Waals surface area contributed by atoms with Crippen LogP contribution in [0.15, 0.2) is 23.2 Å². The summed E-state index contributed by atoms with van der Waals surface area (Å²) < 4.78 is 14.1. The summed E-state index contributed by atoms with van der Waals surface area (Å²) in [7, 11) is 0. The maximum absolute atomic E-state index is 14.1. The predicted octanol–water partition coefficient (Wildman–Crippen LogP) is 2.54. The third-order valence-electron chi connectivity index (χ3n) is 5.48. The monoisotopic (exact) mass is 385 g/mol. The molecule has 28 heavy (non-hydrogen) atoms. The maximum atomic E-state index is 14.1. The van der Waals surface area contributed by atoms with Crippen molar-refractivity contribution in [3.8, 4) is 6.07 Å². The van der Waals surface area contributed by atoms with E-state index in [1.54, 1.807) is 12.1 Å². The summed E-state index contributed by atoms with van der Waals surface area (Å²) in [5, 5.41) is 15.4. The molecule has 1 aromatic rings. The Kier molecular flexibility index (Phi) is 6.85. The Balaban J connectivity index is 1.58. The lowest BCUT2D eigenvalue weighted by molar-refractivity contribution is -0.134. The van der Waals surface area contributed by atoms with Crippen LogP contribution in [0.5, 0.6) is 0 Å². The highest BCUT2D eigenvalue weighted by molar-refractivity contribution is 5.81. The SMILES string of the molecule is CCNC(=NCc1ccc(C#N)cc1F)NC1CCN(C(=O)C2CCCC2)C1. The highest BCUT2D eigenvalue weighted by Crippen LogP contribution is 2.27. The first-order valence-electron chi connectivity index (χ1n) is 10.1. The molecule has 3 rings (SSSR count). The standard InChI is InChI=1S/C21H28FN5O/c1-2-24-21(25-13-17-8-7-15(12-23)11-19(17)22)26-18-9-10-27(14-18)20(28)16-5-3-4-6-16/h7-8,11,16,18H,2-6,9-10,13-14H2,1H3,(H2,24,25,26). The second kappa shape index (κ2) is 9.54. The highest BCUT2D eigenvalue weighted by Gasteiger charge is 2.32. The Morgan fingerprint density at radius 1 is 1.36 bits per heavy atom. The second-order valence-electron chi connectivity index (χ2n) is 7.51. The van der Waals surface area contributed by atoms with Gasteiger partial charge < -0.3 is 15.5 Å². The number of nitrogens with one attached hydrogen (secondary N) is 2. The molecule has 7 heteroatoms. The number of halogens is 1. The minimum absolute atomic E-state index is 0.147. The van der Waals surface area contributed by atoms with Crippen LogP contribution in [-0.2, 0) is 11.3 Å². The van der Waals surface area contributed by atoms with Gasteiger partial charge in [-0.15, -0.1) is 0 Å². The fourth-order valence-electron chi connectivity index (χ4n) is 3.93. The highest BCUT2D eigenvalue weighted by atomic mass is 19.1. The van der Waals surface area contributed by atoms with Gasteiger partial charge in [0, 0.05) is 37.2 Å². The zero-order chi connectivity index (χ0) is 19.9. The number of carbonyl (C=O) groups is 1. The van der Waals surface area contributed by atoms with Crippen LogP contribution in [-0.4, -0.2) is 42.4 Å². The Morgan fingerprint density at radius 3 is 2.82 bits per heavy atom. The molecule has 1 atom stereocenters. The number of hydrogen-bond acceptors (Lipinski definition) is 3. The van der Waals surface area contributed by atoms with Crippen molar-refractivity contribution in [2.24, 2.45) is 10.9 Å². The van der Waals surface area contributed by atoms with Gasteiger partial charge in [-0.2, -0.15) is 5.26 Å². The summed E-state index contributed by atoms with van der Waals surface area (Å²) >= 11 is 0. The molecular weight excluding hydrogens is 357 g/mol. The molecule has 2 N–H and O–H groups in total. The molecule has 1 aliphatic heterocycles. The van der Waals surface area contributed by atoms with Gasteiger partial charge in [-0.25, -0.2) is 9.38 Å². The van der Waals surface area contributed by atoms with E-state index in [1.807, 2.05) is 17.9 Å². The van der Waals surface area contributed by atoms with E-state index in [2.05, 4.69) is 15.6 Å². The van der Waals surface area contributed by atoms with Gasteiger partial charge in [0.2, 0.25) is 5.91 Å². The molecule has 0 bridgehead atoms. The van der Waals surface area contributed by atoms with E-state index < -0.39 is 5.82 Å². The summed E-state index contributed by atoms with van der Waals surface area (Å²) in [6.45, 7) is 4.31. The topological polar surface area (TPSA) is 80.5 Å². The van der Waals surface area contributed by atoms with Crippen molar-refractivity contribution in [1.29, 1.82) is 5.26 Å². The van der Waals surface area contributed by atoms with E-state index in [4.69, 9.17) is 5.26 Å². The number of nitriles is 1. The van der Waals surface area contributed by atoms with E-state index in [-0.39, 0.29) is 18.5 Å². The van der Waals surface area contributed by atoms with E-state index in [1.165, 1.54) is 6.07 Å². The minimum Gasteiger partial charge on any atom is -0.357 e. The molecule has 0 spiro atoms. The normalized spacial score (nSPS) is 20.2. The molecule has 1 amide bonds. The molecule has 6 nitrogen and oxygen atoms in total. The van der Waals surface area contributed by atoms with Gasteiger partial charge in [0.1, 0.15) is 5.82 Å². The van der Waals surface area contributed by atoms with Crippen molar-refractivity contribution in [1.82, 2.24) is 15.5 Å². The molecule has 0 radical (unpaired) electrons. The molecule has 150 valence electrons. The molecule has 2 aliphatic rings. The third-order valence-corrected chi connectivity index (χ3v) is 5.48. The average Bonchev–Trinajstić information content (AvgIpc) is 3.38. The smallest absolute Gasteiger partial charge is 0.225 e. The van der Waals surface area contributed by atoms with Crippen molar-refractivity contribution in [2.45, 2.75) is 51.6 Å². The van der Waals surface area contributed by atoms with Crippen molar-refractivity contribution >= 4 is 11.9 Å². The van der Waals surface area contributed by atoms with E-state index in [9.17, 15) is 9.18 Å². The number of nitrogens with zero attached hydrogens (tertiary/aromatic N) is 3. The predicted molar refractivity (Wildman–Crippen MR) is 106 cm³/mol. The van der Waals surface area contributed by atoms with Crippen molar-refractivity contribution in [3.63, 3.8) is 0 Å². The number of carbonyl (C=O) groups excluding carboxylic acids is 1. The number of guanidine groups is 1. The molecular formula is C21H28FN5O. The molecule has 1 heterocycles. The quantitative estimate of drug-likeness (QED) is 0.603. The largest absolute Gasteiger partial charge is 0.357 e. The number of hydrogen-bond donors (Lipinski definition) is 2. The summed E-state index contributed by atoms with van der Waals surface area (Å²) in [4.78, 5) is 19.0. The lowest BCUT2D eigenvalue weighted by atomic mass is 10.1. The van der Waals surface area contributed by atoms with Gasteiger partial charge in [0.05, 0.1) is 18.2 Å². The Bertz CT molecular complexity index is 767. The number of aliphatic imine (C=N–C) groups is 1. The summed E-state index contributed by atoms with van der Waals surface area (Å²) in [5.74, 6) is 0.697.